The molecule has 1 aromatic carbocycles. The molecule has 2 aromatic rings. The maximum atomic E-state index is 11.3. The number of rotatable bonds is 4. The van der Waals surface area contributed by atoms with Gasteiger partial charge in [-0.2, -0.15) is 0 Å². The van der Waals surface area contributed by atoms with Gasteiger partial charge in [-0.05, 0) is 50.9 Å². The first-order valence-corrected chi connectivity index (χ1v) is 8.16. The van der Waals surface area contributed by atoms with Gasteiger partial charge in [0.15, 0.2) is 0 Å². The van der Waals surface area contributed by atoms with Crippen LogP contribution in [0.4, 0.5) is 0 Å². The summed E-state index contributed by atoms with van der Waals surface area (Å²) in [4.78, 5) is 14.2. The SMILES string of the molecule is CC1(C)OB(C(=Cc2ccc3[nH]cc(C(=O)O)c3c2)CO)OC1(C)C. The molecule has 0 aliphatic carbocycles. The molecule has 1 aliphatic heterocycles. The Morgan fingerprint density at radius 1 is 1.24 bits per heavy atom. The summed E-state index contributed by atoms with van der Waals surface area (Å²) >= 11 is 0. The van der Waals surface area contributed by atoms with Gasteiger partial charge in [-0.25, -0.2) is 4.79 Å². The zero-order valence-electron chi connectivity index (χ0n) is 14.8. The van der Waals surface area contributed by atoms with Gasteiger partial charge in [0.2, 0.25) is 0 Å². The first kappa shape index (κ1) is 17.7. The lowest BCUT2D eigenvalue weighted by molar-refractivity contribution is 0.00578. The van der Waals surface area contributed by atoms with E-state index in [1.807, 2.05) is 39.8 Å². The highest BCUT2D eigenvalue weighted by Gasteiger charge is 2.52. The van der Waals surface area contributed by atoms with E-state index in [0.717, 1.165) is 11.1 Å². The second kappa shape index (κ2) is 6.02. The molecule has 0 amide bonds. The molecule has 0 saturated carbocycles. The number of aromatic carboxylic acids is 1. The van der Waals surface area contributed by atoms with Gasteiger partial charge in [-0.1, -0.05) is 12.1 Å². The van der Waals surface area contributed by atoms with E-state index in [-0.39, 0.29) is 12.2 Å². The van der Waals surface area contributed by atoms with Gasteiger partial charge in [-0.15, -0.1) is 0 Å². The number of H-pyrrole nitrogens is 1. The Balaban J connectivity index is 1.97. The summed E-state index contributed by atoms with van der Waals surface area (Å²) in [5.41, 5.74) is 1.33. The number of carboxylic acid groups (broad SMARTS) is 1. The number of benzene rings is 1. The summed E-state index contributed by atoms with van der Waals surface area (Å²) in [6, 6.07) is 5.44. The lowest BCUT2D eigenvalue weighted by Gasteiger charge is -2.32. The van der Waals surface area contributed by atoms with Crippen molar-refractivity contribution in [3.05, 3.63) is 41.0 Å². The van der Waals surface area contributed by atoms with Crippen molar-refractivity contribution in [1.82, 2.24) is 4.98 Å². The van der Waals surface area contributed by atoms with Crippen LogP contribution in [0.3, 0.4) is 0 Å². The fourth-order valence-corrected chi connectivity index (χ4v) is 2.80. The van der Waals surface area contributed by atoms with Crippen LogP contribution in [0, 0.1) is 0 Å². The number of aliphatic hydroxyl groups is 1. The molecule has 0 spiro atoms. The van der Waals surface area contributed by atoms with Gasteiger partial charge >= 0.3 is 13.1 Å². The number of fused-ring (bicyclic) bond motifs is 1. The maximum Gasteiger partial charge on any atom is 0.492 e. The van der Waals surface area contributed by atoms with Gasteiger partial charge in [0, 0.05) is 17.1 Å². The molecule has 0 atom stereocenters. The van der Waals surface area contributed by atoms with Crippen LogP contribution in [0.5, 0.6) is 0 Å². The standard InChI is InChI=1S/C18H22BNO5/c1-17(2)18(3,4)25-19(24-17)12(10-21)7-11-5-6-15-13(8-11)14(9-20-15)16(22)23/h5-9,20-21H,10H2,1-4H3,(H,22,23). The highest BCUT2D eigenvalue weighted by molar-refractivity contribution is 6.55. The number of aromatic amines is 1. The number of carboxylic acids is 1. The van der Waals surface area contributed by atoms with E-state index in [4.69, 9.17) is 9.31 Å². The van der Waals surface area contributed by atoms with Crippen molar-refractivity contribution in [2.45, 2.75) is 38.9 Å². The number of aliphatic hydroxyl groups excluding tert-OH is 1. The summed E-state index contributed by atoms with van der Waals surface area (Å²) in [6.07, 6.45) is 3.25. The molecule has 6 nitrogen and oxygen atoms in total. The average Bonchev–Trinajstić information content (AvgIpc) is 3.02. The molecule has 1 saturated heterocycles. The second-order valence-electron chi connectivity index (χ2n) is 7.28. The van der Waals surface area contributed by atoms with E-state index in [0.29, 0.717) is 10.9 Å². The molecule has 3 rings (SSSR count). The molecule has 3 N–H and O–H groups in total. The summed E-state index contributed by atoms with van der Waals surface area (Å²) in [6.45, 7) is 7.59. The Labute approximate surface area is 146 Å². The molecule has 1 fully saturated rings. The minimum Gasteiger partial charge on any atom is -0.478 e. The molecule has 132 valence electrons. The van der Waals surface area contributed by atoms with Crippen molar-refractivity contribution < 1.29 is 24.3 Å². The zero-order chi connectivity index (χ0) is 18.4. The summed E-state index contributed by atoms with van der Waals surface area (Å²) in [5.74, 6) is -0.985. The van der Waals surface area contributed by atoms with E-state index in [1.165, 1.54) is 6.20 Å². The predicted molar refractivity (Wildman–Crippen MR) is 96.4 cm³/mol. The summed E-state index contributed by atoms with van der Waals surface area (Å²) < 4.78 is 11.9. The smallest absolute Gasteiger partial charge is 0.478 e. The monoisotopic (exact) mass is 343 g/mol. The van der Waals surface area contributed by atoms with Crippen molar-refractivity contribution in [2.24, 2.45) is 0 Å². The van der Waals surface area contributed by atoms with E-state index < -0.39 is 24.3 Å². The fraction of sp³-hybridized carbons (Fsp3) is 0.389. The number of hydrogen-bond acceptors (Lipinski definition) is 4. The second-order valence-corrected chi connectivity index (χ2v) is 7.28. The molecular formula is C18H22BNO5. The minimum absolute atomic E-state index is 0.214. The lowest BCUT2D eigenvalue weighted by atomic mass is 9.77. The summed E-state index contributed by atoms with van der Waals surface area (Å²) in [5, 5.41) is 19.7. The molecule has 0 bridgehead atoms. The summed E-state index contributed by atoms with van der Waals surface area (Å²) in [7, 11) is -0.643. The third-order valence-corrected chi connectivity index (χ3v) is 5.03. The van der Waals surface area contributed by atoms with E-state index in [1.54, 1.807) is 12.1 Å². The van der Waals surface area contributed by atoms with Crippen molar-refractivity contribution in [2.75, 3.05) is 6.61 Å². The van der Waals surface area contributed by atoms with Gasteiger partial charge < -0.3 is 24.5 Å². The normalized spacial score (nSPS) is 19.6. The molecular weight excluding hydrogens is 321 g/mol. The number of nitrogens with one attached hydrogen (secondary N) is 1. The Morgan fingerprint density at radius 2 is 1.88 bits per heavy atom. The van der Waals surface area contributed by atoms with Crippen molar-refractivity contribution in [1.29, 1.82) is 0 Å². The molecule has 0 radical (unpaired) electrons. The van der Waals surface area contributed by atoms with Gasteiger partial charge in [-0.3, -0.25) is 0 Å². The van der Waals surface area contributed by atoms with Crippen LogP contribution in [0.1, 0.15) is 43.6 Å². The predicted octanol–water partition coefficient (Wildman–Crippen LogP) is 2.87. The van der Waals surface area contributed by atoms with Crippen LogP contribution in [-0.2, 0) is 9.31 Å². The van der Waals surface area contributed by atoms with Crippen LogP contribution < -0.4 is 0 Å². The molecule has 0 unspecified atom stereocenters. The van der Waals surface area contributed by atoms with Gasteiger partial charge in [0.25, 0.3) is 0 Å². The lowest BCUT2D eigenvalue weighted by Crippen LogP contribution is -2.41. The Morgan fingerprint density at radius 3 is 2.44 bits per heavy atom. The highest BCUT2D eigenvalue weighted by atomic mass is 16.7. The number of carbonyl (C=O) groups is 1. The van der Waals surface area contributed by atoms with Crippen LogP contribution in [-0.4, -0.2) is 46.1 Å². The van der Waals surface area contributed by atoms with Crippen molar-refractivity contribution >= 4 is 30.1 Å². The average molecular weight is 343 g/mol. The van der Waals surface area contributed by atoms with E-state index >= 15 is 0 Å². The molecule has 1 aromatic heterocycles. The fourth-order valence-electron chi connectivity index (χ4n) is 2.80. The van der Waals surface area contributed by atoms with Gasteiger partial charge in [0.05, 0.1) is 23.4 Å². The first-order chi connectivity index (χ1) is 11.6. The third kappa shape index (κ3) is 3.10. The largest absolute Gasteiger partial charge is 0.492 e. The first-order valence-electron chi connectivity index (χ1n) is 8.16. The quantitative estimate of drug-likeness (QED) is 0.743. The van der Waals surface area contributed by atoms with Gasteiger partial charge in [0.1, 0.15) is 0 Å². The van der Waals surface area contributed by atoms with Crippen LogP contribution in [0.25, 0.3) is 17.0 Å². The molecule has 7 heteroatoms. The molecule has 25 heavy (non-hydrogen) atoms. The third-order valence-electron chi connectivity index (χ3n) is 5.03. The minimum atomic E-state index is -0.985. The van der Waals surface area contributed by atoms with Crippen LogP contribution >= 0.6 is 0 Å². The molecule has 1 aliphatic rings. The maximum absolute atomic E-state index is 11.3. The molecule has 2 heterocycles. The Hall–Kier alpha value is -2.09. The number of aromatic nitrogens is 1. The number of hydrogen-bond donors (Lipinski definition) is 3. The Bertz CT molecular complexity index is 836. The van der Waals surface area contributed by atoms with Crippen molar-refractivity contribution in [3.8, 4) is 0 Å². The highest BCUT2D eigenvalue weighted by Crippen LogP contribution is 2.38. The van der Waals surface area contributed by atoms with Crippen LogP contribution in [0.15, 0.2) is 29.9 Å². The van der Waals surface area contributed by atoms with Crippen LogP contribution in [0.2, 0.25) is 0 Å². The van der Waals surface area contributed by atoms with E-state index in [9.17, 15) is 15.0 Å². The topological polar surface area (TPSA) is 91.8 Å². The van der Waals surface area contributed by atoms with Crippen molar-refractivity contribution in [3.63, 3.8) is 0 Å². The van der Waals surface area contributed by atoms with E-state index in [2.05, 4.69) is 4.98 Å². The Kier molecular flexibility index (Phi) is 4.27. The zero-order valence-corrected chi connectivity index (χ0v) is 14.8.